The molecule has 0 amide bonds. The van der Waals surface area contributed by atoms with Crippen molar-refractivity contribution in [3.8, 4) is 0 Å². The molecule has 1 N–H and O–H groups in total. The highest BCUT2D eigenvalue weighted by Crippen LogP contribution is 2.47. The number of hydrogen-bond donors (Lipinski definition) is 1. The molecule has 1 fully saturated rings. The highest BCUT2D eigenvalue weighted by molar-refractivity contribution is 7.89. The molecule has 1 aromatic rings. The average molecular weight is 287 g/mol. The third-order valence-electron chi connectivity index (χ3n) is 3.50. The molecule has 1 saturated carbocycles. The number of benzene rings is 1. The van der Waals surface area contributed by atoms with E-state index >= 15 is 0 Å². The van der Waals surface area contributed by atoms with E-state index in [4.69, 9.17) is 4.74 Å². The van der Waals surface area contributed by atoms with Gasteiger partial charge in [0.25, 0.3) is 0 Å². The molecule has 0 heterocycles. The summed E-state index contributed by atoms with van der Waals surface area (Å²) >= 11 is 0. The van der Waals surface area contributed by atoms with Gasteiger partial charge in [0.2, 0.25) is 10.0 Å². The van der Waals surface area contributed by atoms with E-state index in [1.807, 2.05) is 0 Å². The second-order valence-corrected chi connectivity index (χ2v) is 6.85. The molecule has 4 nitrogen and oxygen atoms in total. The van der Waals surface area contributed by atoms with E-state index in [9.17, 15) is 12.8 Å². The highest BCUT2D eigenvalue weighted by atomic mass is 32.2. The second-order valence-electron chi connectivity index (χ2n) is 4.92. The van der Waals surface area contributed by atoms with Gasteiger partial charge in [0.05, 0.1) is 12.4 Å². The van der Waals surface area contributed by atoms with Gasteiger partial charge in [0.15, 0.2) is 0 Å². The molecule has 0 saturated heterocycles. The lowest BCUT2D eigenvalue weighted by atomic mass is 9.96. The van der Waals surface area contributed by atoms with E-state index in [0.29, 0.717) is 6.54 Å². The number of nitrogens with one attached hydrogen (secondary N) is 1. The van der Waals surface area contributed by atoms with Crippen molar-refractivity contribution in [2.75, 3.05) is 26.0 Å². The van der Waals surface area contributed by atoms with Gasteiger partial charge in [-0.3, -0.25) is 0 Å². The van der Waals surface area contributed by atoms with Crippen LogP contribution in [0.25, 0.3) is 0 Å². The van der Waals surface area contributed by atoms with Crippen molar-refractivity contribution >= 4 is 10.0 Å². The van der Waals surface area contributed by atoms with Crippen LogP contribution in [0.1, 0.15) is 18.4 Å². The molecular formula is C13H18FNO3S. The Morgan fingerprint density at radius 1 is 1.32 bits per heavy atom. The zero-order valence-electron chi connectivity index (χ0n) is 10.9. The first-order valence-electron chi connectivity index (χ1n) is 6.20. The first-order valence-corrected chi connectivity index (χ1v) is 7.85. The molecule has 0 aliphatic heterocycles. The van der Waals surface area contributed by atoms with Gasteiger partial charge >= 0.3 is 0 Å². The number of sulfonamides is 1. The van der Waals surface area contributed by atoms with Crippen molar-refractivity contribution in [3.63, 3.8) is 0 Å². The van der Waals surface area contributed by atoms with Gasteiger partial charge < -0.3 is 4.74 Å². The Labute approximate surface area is 113 Å². The van der Waals surface area contributed by atoms with Crippen LogP contribution >= 0.6 is 0 Å². The molecular weight excluding hydrogens is 269 g/mol. The Morgan fingerprint density at radius 2 is 1.95 bits per heavy atom. The maximum atomic E-state index is 12.9. The van der Waals surface area contributed by atoms with E-state index in [1.165, 1.54) is 19.2 Å². The minimum absolute atomic E-state index is 0.0387. The number of halogens is 1. The molecule has 106 valence electrons. The van der Waals surface area contributed by atoms with Crippen LogP contribution in [0.15, 0.2) is 24.3 Å². The van der Waals surface area contributed by atoms with Gasteiger partial charge in [-0.2, -0.15) is 0 Å². The van der Waals surface area contributed by atoms with Crippen molar-refractivity contribution in [3.05, 3.63) is 35.6 Å². The number of rotatable bonds is 7. The number of hydrogen-bond acceptors (Lipinski definition) is 3. The van der Waals surface area contributed by atoms with Crippen molar-refractivity contribution in [1.82, 2.24) is 4.72 Å². The van der Waals surface area contributed by atoms with Crippen molar-refractivity contribution in [2.24, 2.45) is 0 Å². The van der Waals surface area contributed by atoms with Crippen LogP contribution in [0.5, 0.6) is 0 Å². The topological polar surface area (TPSA) is 55.4 Å². The molecule has 0 radical (unpaired) electrons. The number of ether oxygens (including phenoxy) is 1. The van der Waals surface area contributed by atoms with E-state index in [0.717, 1.165) is 18.4 Å². The Hall–Kier alpha value is -0.980. The van der Waals surface area contributed by atoms with Crippen LogP contribution in [0.4, 0.5) is 4.39 Å². The van der Waals surface area contributed by atoms with E-state index < -0.39 is 10.0 Å². The summed E-state index contributed by atoms with van der Waals surface area (Å²) in [5.74, 6) is -0.316. The second kappa shape index (κ2) is 5.56. The molecule has 6 heteroatoms. The first kappa shape index (κ1) is 14.4. The summed E-state index contributed by atoms with van der Waals surface area (Å²) in [7, 11) is -1.83. The van der Waals surface area contributed by atoms with Crippen molar-refractivity contribution in [2.45, 2.75) is 18.3 Å². The fourth-order valence-corrected chi connectivity index (χ4v) is 3.06. The summed E-state index contributed by atoms with van der Waals surface area (Å²) < 4.78 is 43.7. The van der Waals surface area contributed by atoms with Gasteiger partial charge in [-0.25, -0.2) is 17.5 Å². The summed E-state index contributed by atoms with van der Waals surface area (Å²) in [6.07, 6.45) is 1.84. The predicted octanol–water partition coefficient (Wildman–Crippen LogP) is 1.42. The first-order chi connectivity index (χ1) is 8.97. The van der Waals surface area contributed by atoms with Crippen LogP contribution in [0.3, 0.4) is 0 Å². The average Bonchev–Trinajstić information content (AvgIpc) is 3.16. The Kier molecular flexibility index (Phi) is 4.23. The van der Waals surface area contributed by atoms with Crippen LogP contribution in [-0.2, 0) is 20.2 Å². The smallest absolute Gasteiger partial charge is 0.213 e. The van der Waals surface area contributed by atoms with Crippen LogP contribution in [0.2, 0.25) is 0 Å². The Morgan fingerprint density at radius 3 is 2.47 bits per heavy atom. The summed E-state index contributed by atoms with van der Waals surface area (Å²) in [6.45, 7) is 0.545. The standard InChI is InChI=1S/C13H18FNO3S/c1-18-8-9-19(16,17)15-10-13(6-7-13)11-2-4-12(14)5-3-11/h2-5,15H,6-10H2,1H3. The zero-order chi connectivity index (χ0) is 13.9. The quantitative estimate of drug-likeness (QED) is 0.825. The third-order valence-corrected chi connectivity index (χ3v) is 4.79. The van der Waals surface area contributed by atoms with Crippen LogP contribution < -0.4 is 4.72 Å². The fraction of sp³-hybridized carbons (Fsp3) is 0.538. The summed E-state index contributed by atoms with van der Waals surface area (Å²) in [5, 5.41) is 0. The molecule has 1 aromatic carbocycles. The van der Waals surface area contributed by atoms with E-state index in [-0.39, 0.29) is 23.6 Å². The summed E-state index contributed by atoms with van der Waals surface area (Å²) in [5.41, 5.74) is 0.830. The van der Waals surface area contributed by atoms with Gasteiger partial charge in [-0.15, -0.1) is 0 Å². The molecule has 0 unspecified atom stereocenters. The van der Waals surface area contributed by atoms with E-state index in [2.05, 4.69) is 4.72 Å². The molecule has 0 atom stereocenters. The van der Waals surface area contributed by atoms with Gasteiger partial charge in [-0.1, -0.05) is 12.1 Å². The highest BCUT2D eigenvalue weighted by Gasteiger charge is 2.44. The monoisotopic (exact) mass is 287 g/mol. The lowest BCUT2D eigenvalue weighted by molar-refractivity contribution is 0.217. The Balaban J connectivity index is 1.97. The lowest BCUT2D eigenvalue weighted by Crippen LogP contribution is -2.34. The Bertz CT molecular complexity index is 523. The van der Waals surface area contributed by atoms with Crippen LogP contribution in [-0.4, -0.2) is 34.4 Å². The third kappa shape index (κ3) is 3.75. The SMILES string of the molecule is COCCS(=O)(=O)NCC1(c2ccc(F)cc2)CC1. The summed E-state index contributed by atoms with van der Waals surface area (Å²) in [6, 6.07) is 6.28. The molecule has 2 rings (SSSR count). The summed E-state index contributed by atoms with van der Waals surface area (Å²) in [4.78, 5) is 0. The number of methoxy groups -OCH3 is 1. The molecule has 19 heavy (non-hydrogen) atoms. The minimum Gasteiger partial charge on any atom is -0.384 e. The predicted molar refractivity (Wildman–Crippen MR) is 71.0 cm³/mol. The van der Waals surface area contributed by atoms with Crippen molar-refractivity contribution < 1.29 is 17.5 Å². The maximum absolute atomic E-state index is 12.9. The van der Waals surface area contributed by atoms with Crippen molar-refractivity contribution in [1.29, 1.82) is 0 Å². The molecule has 0 aromatic heterocycles. The largest absolute Gasteiger partial charge is 0.384 e. The minimum atomic E-state index is -3.30. The fourth-order valence-electron chi connectivity index (χ4n) is 2.04. The van der Waals surface area contributed by atoms with Gasteiger partial charge in [0.1, 0.15) is 5.82 Å². The molecule has 1 aliphatic rings. The van der Waals surface area contributed by atoms with Gasteiger partial charge in [-0.05, 0) is 30.5 Å². The van der Waals surface area contributed by atoms with Crippen LogP contribution in [0, 0.1) is 5.82 Å². The van der Waals surface area contributed by atoms with Gasteiger partial charge in [0, 0.05) is 19.1 Å². The molecule has 0 spiro atoms. The normalized spacial score (nSPS) is 17.4. The zero-order valence-corrected chi connectivity index (χ0v) is 11.7. The lowest BCUT2D eigenvalue weighted by Gasteiger charge is -2.16. The molecule has 1 aliphatic carbocycles. The van der Waals surface area contributed by atoms with E-state index in [1.54, 1.807) is 12.1 Å². The molecule has 0 bridgehead atoms. The maximum Gasteiger partial charge on any atom is 0.213 e.